The van der Waals surface area contributed by atoms with E-state index >= 15 is 0 Å². The molecule has 0 bridgehead atoms. The summed E-state index contributed by atoms with van der Waals surface area (Å²) in [5, 5.41) is 2.76. The van der Waals surface area contributed by atoms with E-state index in [0.717, 1.165) is 12.8 Å². The molecule has 2 aromatic rings. The van der Waals surface area contributed by atoms with Crippen LogP contribution in [0.15, 0.2) is 30.3 Å². The lowest BCUT2D eigenvalue weighted by Gasteiger charge is -2.19. The smallest absolute Gasteiger partial charge is 0.329 e. The fourth-order valence-electron chi connectivity index (χ4n) is 5.56. The van der Waals surface area contributed by atoms with Gasteiger partial charge in [-0.05, 0) is 48.2 Å². The van der Waals surface area contributed by atoms with Crippen LogP contribution in [0.1, 0.15) is 47.7 Å². The van der Waals surface area contributed by atoms with Crippen LogP contribution in [-0.2, 0) is 64.1 Å². The molecule has 0 aliphatic carbocycles. The average molecular weight is 996 g/mol. The van der Waals surface area contributed by atoms with E-state index in [4.69, 9.17) is 68.0 Å². The van der Waals surface area contributed by atoms with Gasteiger partial charge in [0.05, 0.1) is 118 Å². The SMILES string of the molecule is C#CCCCOCCOCCOc1c(OCCOCCOCCOCCC)cc(C(=O)NCCOc2cc(CP(=O)(O)O)cc(CP(=O)(O)O)c2)cc1OCCOCCOCCOCCOC. The van der Waals surface area contributed by atoms with Crippen LogP contribution < -0.4 is 24.3 Å². The van der Waals surface area contributed by atoms with Crippen molar-refractivity contribution in [3.63, 3.8) is 0 Å². The summed E-state index contributed by atoms with van der Waals surface area (Å²) in [4.78, 5) is 51.6. The van der Waals surface area contributed by atoms with Crippen LogP contribution in [-0.4, -0.2) is 178 Å². The molecule has 0 atom stereocenters. The lowest BCUT2D eigenvalue weighted by atomic mass is 10.1. The third-order valence-corrected chi connectivity index (χ3v) is 9.99. The molecule has 0 heterocycles. The van der Waals surface area contributed by atoms with E-state index in [1.165, 1.54) is 30.3 Å². The summed E-state index contributed by atoms with van der Waals surface area (Å²) < 4.78 is 97.0. The standard InChI is InChI=1S/C44H71NO20P2/c1-4-6-7-10-55-15-17-61-26-29-65-43-41(63-27-24-59-22-20-57-16-14-54-9-5-2)33-39(34-42(43)64-28-25-60-23-21-58-19-18-56-13-12-53-3)44(46)45-8-11-62-40-31-37(35-66(47,48)49)30-38(32-40)36-67(50,51)52/h1,30-34H,5-29,35-36H2,2-3H3,(H,45,46)(H2,47,48,49)(H2,50,51,52). The first-order valence-electron chi connectivity index (χ1n) is 22.1. The lowest BCUT2D eigenvalue weighted by Crippen LogP contribution is -2.28. The van der Waals surface area contributed by atoms with Crippen LogP contribution in [0.4, 0.5) is 0 Å². The van der Waals surface area contributed by atoms with Crippen LogP contribution in [0.2, 0.25) is 0 Å². The number of amides is 1. The van der Waals surface area contributed by atoms with E-state index in [1.807, 2.05) is 6.92 Å². The number of methoxy groups -OCH3 is 1. The Kier molecular flexibility index (Phi) is 33.4. The monoisotopic (exact) mass is 995 g/mol. The predicted molar refractivity (Wildman–Crippen MR) is 245 cm³/mol. The summed E-state index contributed by atoms with van der Waals surface area (Å²) in [5.74, 6) is 2.71. The van der Waals surface area contributed by atoms with Crippen LogP contribution in [0, 0.1) is 12.3 Å². The van der Waals surface area contributed by atoms with E-state index < -0.39 is 33.4 Å². The van der Waals surface area contributed by atoms with Gasteiger partial charge in [0, 0.05) is 32.3 Å². The number of nitrogens with one attached hydrogen (secondary N) is 1. The second-order valence-electron chi connectivity index (χ2n) is 14.3. The van der Waals surface area contributed by atoms with Gasteiger partial charge in [-0.15, -0.1) is 12.3 Å². The van der Waals surface area contributed by atoms with Gasteiger partial charge in [-0.25, -0.2) is 0 Å². The van der Waals surface area contributed by atoms with Crippen molar-refractivity contribution in [2.24, 2.45) is 0 Å². The van der Waals surface area contributed by atoms with Crippen molar-refractivity contribution < 1.29 is 95.1 Å². The van der Waals surface area contributed by atoms with Gasteiger partial charge in [0.25, 0.3) is 5.91 Å². The maximum Gasteiger partial charge on any atom is 0.329 e. The Morgan fingerprint density at radius 2 is 0.970 bits per heavy atom. The molecule has 382 valence electrons. The van der Waals surface area contributed by atoms with Crippen molar-refractivity contribution >= 4 is 21.1 Å². The second-order valence-corrected chi connectivity index (χ2v) is 17.6. The summed E-state index contributed by atoms with van der Waals surface area (Å²) in [7, 11) is -7.42. The van der Waals surface area contributed by atoms with E-state index in [1.54, 1.807) is 7.11 Å². The van der Waals surface area contributed by atoms with Crippen molar-refractivity contribution in [2.75, 3.05) is 152 Å². The van der Waals surface area contributed by atoms with Crippen LogP contribution in [0.3, 0.4) is 0 Å². The van der Waals surface area contributed by atoms with Crippen LogP contribution >= 0.6 is 15.2 Å². The molecule has 0 fully saturated rings. The molecule has 67 heavy (non-hydrogen) atoms. The summed E-state index contributed by atoms with van der Waals surface area (Å²) in [6, 6.07) is 7.00. The summed E-state index contributed by atoms with van der Waals surface area (Å²) in [5.41, 5.74) is 0.390. The maximum atomic E-state index is 13.6. The Bertz CT molecular complexity index is 1710. The Balaban J connectivity index is 2.18. The molecule has 21 nitrogen and oxygen atoms in total. The zero-order valence-corrected chi connectivity index (χ0v) is 40.6. The minimum atomic E-state index is -4.51. The molecular formula is C44H71NO20P2. The van der Waals surface area contributed by atoms with E-state index in [9.17, 15) is 33.5 Å². The van der Waals surface area contributed by atoms with Gasteiger partial charge in [-0.3, -0.25) is 13.9 Å². The van der Waals surface area contributed by atoms with Crippen LogP contribution in [0.25, 0.3) is 0 Å². The van der Waals surface area contributed by atoms with E-state index in [-0.39, 0.29) is 92.5 Å². The number of hydrogen-bond acceptors (Lipinski definition) is 16. The second kappa shape index (κ2) is 37.5. The topological polar surface area (TPSA) is 264 Å². The highest BCUT2D eigenvalue weighted by molar-refractivity contribution is 7.51. The minimum Gasteiger partial charge on any atom is -0.492 e. The van der Waals surface area contributed by atoms with Gasteiger partial charge >= 0.3 is 15.2 Å². The lowest BCUT2D eigenvalue weighted by molar-refractivity contribution is -0.0000467. The predicted octanol–water partition coefficient (Wildman–Crippen LogP) is 3.59. The van der Waals surface area contributed by atoms with E-state index in [2.05, 4.69) is 11.2 Å². The highest BCUT2D eigenvalue weighted by atomic mass is 31.2. The Hall–Kier alpha value is -3.39. The van der Waals surface area contributed by atoms with Gasteiger partial charge in [-0.2, -0.15) is 0 Å². The normalized spacial score (nSPS) is 11.7. The Labute approximate surface area is 393 Å². The molecule has 0 radical (unpaired) electrons. The highest BCUT2D eigenvalue weighted by Crippen LogP contribution is 2.43. The highest BCUT2D eigenvalue weighted by Gasteiger charge is 2.21. The number of ether oxygens (including phenoxy) is 13. The number of benzene rings is 2. The first-order chi connectivity index (χ1) is 32.3. The third kappa shape index (κ3) is 32.1. The molecular weight excluding hydrogens is 924 g/mol. The fourth-order valence-corrected chi connectivity index (χ4v) is 6.88. The summed E-state index contributed by atoms with van der Waals surface area (Å²) in [6.07, 6.45) is 6.28. The summed E-state index contributed by atoms with van der Waals surface area (Å²) >= 11 is 0. The van der Waals surface area contributed by atoms with E-state index in [0.29, 0.717) is 98.9 Å². The number of rotatable bonds is 44. The zero-order chi connectivity index (χ0) is 48.9. The van der Waals surface area contributed by atoms with Crippen molar-refractivity contribution in [1.82, 2.24) is 5.32 Å². The van der Waals surface area contributed by atoms with Gasteiger partial charge in [0.1, 0.15) is 32.2 Å². The number of hydrogen-bond donors (Lipinski definition) is 5. The Morgan fingerprint density at radius 1 is 0.552 bits per heavy atom. The molecule has 0 unspecified atom stereocenters. The number of terminal acetylenes is 1. The first kappa shape index (κ1) is 59.7. The average Bonchev–Trinajstić information content (AvgIpc) is 3.27. The molecule has 1 amide bonds. The first-order valence-corrected chi connectivity index (χ1v) is 25.7. The largest absolute Gasteiger partial charge is 0.492 e. The molecule has 5 N–H and O–H groups in total. The zero-order valence-electron chi connectivity index (χ0n) is 38.8. The molecule has 0 aliphatic heterocycles. The molecule has 23 heteroatoms. The summed E-state index contributed by atoms with van der Waals surface area (Å²) in [6.45, 7) is 8.66. The van der Waals surface area contributed by atoms with Gasteiger partial charge < -0.3 is 86.5 Å². The third-order valence-electron chi connectivity index (χ3n) is 8.44. The Morgan fingerprint density at radius 3 is 1.40 bits per heavy atom. The van der Waals surface area contributed by atoms with Crippen molar-refractivity contribution in [3.8, 4) is 35.3 Å². The fraction of sp³-hybridized carbons (Fsp3) is 0.659. The number of carbonyl (C=O) groups is 1. The molecule has 2 rings (SSSR count). The maximum absolute atomic E-state index is 13.6. The molecule has 0 aliphatic rings. The molecule has 0 aromatic heterocycles. The quantitative estimate of drug-likeness (QED) is 0.0361. The minimum absolute atomic E-state index is 0.0409. The number of unbranched alkanes of at least 4 members (excludes halogenated alkanes) is 1. The van der Waals surface area contributed by atoms with Crippen molar-refractivity contribution in [1.29, 1.82) is 0 Å². The number of carbonyl (C=O) groups excluding carboxylic acids is 1. The van der Waals surface area contributed by atoms with Gasteiger partial charge in [0.15, 0.2) is 11.5 Å². The van der Waals surface area contributed by atoms with Crippen LogP contribution in [0.5, 0.6) is 23.0 Å². The molecule has 0 saturated heterocycles. The van der Waals surface area contributed by atoms with Crippen molar-refractivity contribution in [3.05, 3.63) is 47.0 Å². The van der Waals surface area contributed by atoms with Gasteiger partial charge in [0.2, 0.25) is 5.75 Å². The molecule has 0 spiro atoms. The molecule has 2 aromatic carbocycles. The van der Waals surface area contributed by atoms with Crippen molar-refractivity contribution in [2.45, 2.75) is 38.5 Å². The van der Waals surface area contributed by atoms with Gasteiger partial charge in [-0.1, -0.05) is 13.0 Å². The molecule has 0 saturated carbocycles.